The summed E-state index contributed by atoms with van der Waals surface area (Å²) in [6, 6.07) is 22.1. The quantitative estimate of drug-likeness (QED) is 0.181. The maximum absolute atomic E-state index is 13.4. The minimum absolute atomic E-state index is 0.0599. The first-order valence-electron chi connectivity index (χ1n) is 12.6. The number of nitrogens with one attached hydrogen (secondary N) is 2. The van der Waals surface area contributed by atoms with E-state index in [0.717, 1.165) is 16.2 Å². The Hall–Kier alpha value is -4.80. The number of carbonyl (C=O) groups is 4. The van der Waals surface area contributed by atoms with Crippen molar-refractivity contribution in [3.63, 3.8) is 0 Å². The van der Waals surface area contributed by atoms with Gasteiger partial charge in [-0.15, -0.1) is 11.3 Å². The van der Waals surface area contributed by atoms with Crippen LogP contribution in [-0.2, 0) is 14.3 Å². The molecular formula is C30H23ClN4O5S. The number of carbonyl (C=O) groups excluding carboxylic acids is 4. The Morgan fingerprint density at radius 1 is 0.976 bits per heavy atom. The number of benzene rings is 3. The van der Waals surface area contributed by atoms with Gasteiger partial charge in [-0.05, 0) is 36.8 Å². The molecule has 0 bridgehead atoms. The molecule has 0 fully saturated rings. The Bertz CT molecular complexity index is 1680. The fourth-order valence-corrected chi connectivity index (χ4v) is 5.00. The Labute approximate surface area is 244 Å². The second-order valence-corrected chi connectivity index (χ2v) is 10.1. The van der Waals surface area contributed by atoms with Gasteiger partial charge in [-0.2, -0.15) is 0 Å². The van der Waals surface area contributed by atoms with Crippen molar-refractivity contribution >= 4 is 63.1 Å². The molecule has 0 atom stereocenters. The van der Waals surface area contributed by atoms with Crippen molar-refractivity contribution in [2.75, 3.05) is 22.1 Å². The molecule has 0 aliphatic carbocycles. The second-order valence-electron chi connectivity index (χ2n) is 8.85. The molecule has 2 heterocycles. The average molecular weight is 587 g/mol. The molecule has 11 heteroatoms. The number of thiazole rings is 1. The van der Waals surface area contributed by atoms with E-state index < -0.39 is 23.7 Å². The predicted molar refractivity (Wildman–Crippen MR) is 158 cm³/mol. The maximum atomic E-state index is 13.4. The molecule has 206 valence electrons. The molecule has 9 nitrogen and oxygen atoms in total. The Morgan fingerprint density at radius 3 is 2.51 bits per heavy atom. The molecule has 4 aromatic rings. The Kier molecular flexibility index (Phi) is 8.23. The van der Waals surface area contributed by atoms with E-state index in [1.54, 1.807) is 30.3 Å². The number of halogens is 1. The second kappa shape index (κ2) is 12.2. The van der Waals surface area contributed by atoms with Crippen molar-refractivity contribution in [2.24, 2.45) is 0 Å². The van der Waals surface area contributed by atoms with Gasteiger partial charge in [-0.3, -0.25) is 19.7 Å². The van der Waals surface area contributed by atoms with Crippen LogP contribution < -0.4 is 15.5 Å². The van der Waals surface area contributed by atoms with Crippen LogP contribution in [0.3, 0.4) is 0 Å². The predicted octanol–water partition coefficient (Wildman–Crippen LogP) is 6.06. The van der Waals surface area contributed by atoms with Gasteiger partial charge in [-0.25, -0.2) is 14.7 Å². The van der Waals surface area contributed by atoms with Gasteiger partial charge in [0.2, 0.25) is 0 Å². The molecule has 5 rings (SSSR count). The summed E-state index contributed by atoms with van der Waals surface area (Å²) in [4.78, 5) is 57.3. The molecule has 3 amide bonds. The number of esters is 1. The summed E-state index contributed by atoms with van der Waals surface area (Å²) in [5.74, 6) is -2.60. The third-order valence-corrected chi connectivity index (χ3v) is 7.13. The molecule has 0 spiro atoms. The van der Waals surface area contributed by atoms with Gasteiger partial charge in [-0.1, -0.05) is 67.1 Å². The molecular weight excluding hydrogens is 564 g/mol. The van der Waals surface area contributed by atoms with Gasteiger partial charge in [0.25, 0.3) is 17.7 Å². The number of para-hydroxylation sites is 1. The smallest absolute Gasteiger partial charge is 0.340 e. The molecule has 0 saturated carbocycles. The van der Waals surface area contributed by atoms with Crippen LogP contribution in [0.2, 0.25) is 0 Å². The number of imide groups is 1. The fraction of sp³-hybridized carbons (Fsp3) is 0.100. The van der Waals surface area contributed by atoms with Crippen molar-refractivity contribution in [3.8, 4) is 11.3 Å². The van der Waals surface area contributed by atoms with Crippen LogP contribution in [0.15, 0.2) is 95.0 Å². The van der Waals surface area contributed by atoms with Crippen LogP contribution in [-0.4, -0.2) is 35.3 Å². The lowest BCUT2D eigenvalue weighted by Gasteiger charge is -2.18. The summed E-state index contributed by atoms with van der Waals surface area (Å²) in [6.45, 7) is 2.05. The van der Waals surface area contributed by atoms with Crippen LogP contribution in [0.1, 0.15) is 34.1 Å². The number of rotatable bonds is 9. The standard InChI is InChI=1S/C30H23ClN4O5S/c1-2-15-40-29(39)21-13-6-7-14-23(21)35-27(37)24(31)25(28(35)38)32-20-12-8-11-19(16-20)26(36)34-30-33-22(17-41-30)18-9-4-3-5-10-18/h3-14,16-17,32H,2,15H2,1H3,(H,33,34,36). The number of hydrogen-bond donors (Lipinski definition) is 2. The molecule has 3 aromatic carbocycles. The molecule has 1 aliphatic heterocycles. The van der Waals surface area contributed by atoms with Gasteiger partial charge in [0.1, 0.15) is 10.7 Å². The molecule has 0 saturated heterocycles. The summed E-state index contributed by atoms with van der Waals surface area (Å²) in [6.07, 6.45) is 0.618. The number of ether oxygens (including phenoxy) is 1. The summed E-state index contributed by atoms with van der Waals surface area (Å²) in [5.41, 5.74) is 2.27. The number of amides is 3. The molecule has 1 aliphatic rings. The summed E-state index contributed by atoms with van der Waals surface area (Å²) >= 11 is 7.60. The van der Waals surface area contributed by atoms with Crippen LogP contribution >= 0.6 is 22.9 Å². The van der Waals surface area contributed by atoms with E-state index in [-0.39, 0.29) is 28.6 Å². The van der Waals surface area contributed by atoms with Crippen LogP contribution in [0.4, 0.5) is 16.5 Å². The minimum Gasteiger partial charge on any atom is -0.462 e. The number of anilines is 3. The zero-order chi connectivity index (χ0) is 28.9. The van der Waals surface area contributed by atoms with E-state index in [2.05, 4.69) is 15.6 Å². The van der Waals surface area contributed by atoms with Gasteiger partial charge in [0.05, 0.1) is 23.6 Å². The van der Waals surface area contributed by atoms with E-state index >= 15 is 0 Å². The number of nitrogens with zero attached hydrogens (tertiary/aromatic N) is 2. The summed E-state index contributed by atoms with van der Waals surface area (Å²) < 4.78 is 5.21. The third kappa shape index (κ3) is 5.88. The topological polar surface area (TPSA) is 118 Å². The zero-order valence-electron chi connectivity index (χ0n) is 21.7. The highest BCUT2D eigenvalue weighted by Crippen LogP contribution is 2.33. The van der Waals surface area contributed by atoms with Crippen molar-refractivity contribution in [1.29, 1.82) is 0 Å². The summed E-state index contributed by atoms with van der Waals surface area (Å²) in [7, 11) is 0. The highest BCUT2D eigenvalue weighted by atomic mass is 35.5. The van der Waals surface area contributed by atoms with Crippen LogP contribution in [0.5, 0.6) is 0 Å². The number of aromatic nitrogens is 1. The van der Waals surface area contributed by atoms with Crippen LogP contribution in [0.25, 0.3) is 11.3 Å². The molecule has 0 unspecified atom stereocenters. The first-order valence-corrected chi connectivity index (χ1v) is 13.9. The minimum atomic E-state index is -0.790. The summed E-state index contributed by atoms with van der Waals surface area (Å²) in [5, 5.41) is 7.59. The van der Waals surface area contributed by atoms with Gasteiger partial charge in [0, 0.05) is 22.2 Å². The molecule has 41 heavy (non-hydrogen) atoms. The van der Waals surface area contributed by atoms with Crippen molar-refractivity contribution in [2.45, 2.75) is 13.3 Å². The molecule has 0 radical (unpaired) electrons. The lowest BCUT2D eigenvalue weighted by molar-refractivity contribution is -0.120. The largest absolute Gasteiger partial charge is 0.462 e. The number of hydrogen-bond acceptors (Lipinski definition) is 8. The van der Waals surface area contributed by atoms with Gasteiger partial charge < -0.3 is 10.1 Å². The van der Waals surface area contributed by atoms with E-state index in [1.807, 2.05) is 42.6 Å². The van der Waals surface area contributed by atoms with E-state index in [4.69, 9.17) is 16.3 Å². The van der Waals surface area contributed by atoms with Gasteiger partial charge in [0.15, 0.2) is 5.13 Å². The van der Waals surface area contributed by atoms with Gasteiger partial charge >= 0.3 is 5.97 Å². The normalized spacial score (nSPS) is 13.0. The molecule has 1 aromatic heterocycles. The Morgan fingerprint density at radius 2 is 1.73 bits per heavy atom. The van der Waals surface area contributed by atoms with Crippen molar-refractivity contribution in [3.05, 3.63) is 106 Å². The van der Waals surface area contributed by atoms with E-state index in [9.17, 15) is 19.2 Å². The fourth-order valence-electron chi connectivity index (χ4n) is 4.07. The van der Waals surface area contributed by atoms with Crippen molar-refractivity contribution < 1.29 is 23.9 Å². The van der Waals surface area contributed by atoms with Crippen LogP contribution in [0, 0.1) is 0 Å². The highest BCUT2D eigenvalue weighted by Gasteiger charge is 2.40. The van der Waals surface area contributed by atoms with E-state index in [0.29, 0.717) is 22.8 Å². The lowest BCUT2D eigenvalue weighted by Crippen LogP contribution is -2.33. The third-order valence-electron chi connectivity index (χ3n) is 6.02. The Balaban J connectivity index is 1.32. The highest BCUT2D eigenvalue weighted by molar-refractivity contribution is 7.14. The lowest BCUT2D eigenvalue weighted by atomic mass is 10.1. The van der Waals surface area contributed by atoms with Crippen molar-refractivity contribution in [1.82, 2.24) is 4.98 Å². The van der Waals surface area contributed by atoms with E-state index in [1.165, 1.54) is 29.5 Å². The monoisotopic (exact) mass is 586 g/mol. The molecule has 2 N–H and O–H groups in total. The SMILES string of the molecule is CCCOC(=O)c1ccccc1N1C(=O)C(Cl)=C(Nc2cccc(C(=O)Nc3nc(-c4ccccc4)cs3)c2)C1=O. The first-order chi connectivity index (χ1) is 19.9. The average Bonchev–Trinajstić information content (AvgIpc) is 3.54. The first kappa shape index (κ1) is 27.8. The maximum Gasteiger partial charge on any atom is 0.340 e. The zero-order valence-corrected chi connectivity index (χ0v) is 23.3.